The Morgan fingerprint density at radius 2 is 1.83 bits per heavy atom. The van der Waals surface area contributed by atoms with Gasteiger partial charge in [0.1, 0.15) is 5.82 Å². The number of hydrogen-bond donors (Lipinski definition) is 1. The van der Waals surface area contributed by atoms with Crippen LogP contribution in [-0.4, -0.2) is 39.7 Å². The highest BCUT2D eigenvalue weighted by atomic mass is 31.2. The lowest BCUT2D eigenvalue weighted by Gasteiger charge is -2.41. The topological polar surface area (TPSA) is 61.9 Å². The normalized spacial score (nSPS) is 25.4. The standard InChI is InChI=1S/C27H37FN3O3P/c1-4-24-20-34-35(33,29-23-14-12-22(28)13-15-23)31(24)27(2,3)18-8-11-25-16-17-26(32)30(25)19-21-9-6-5-7-10-21/h5-7,9-10,12-15,24-25H,4,8,11,16-20H2,1-3H3,(H,29,33). The van der Waals surface area contributed by atoms with Crippen molar-refractivity contribution in [2.75, 3.05) is 11.7 Å². The van der Waals surface area contributed by atoms with Crippen LogP contribution in [0.2, 0.25) is 0 Å². The van der Waals surface area contributed by atoms with E-state index in [0.717, 1.165) is 37.7 Å². The molecule has 2 aliphatic heterocycles. The Hall–Kier alpha value is -2.21. The second-order valence-corrected chi connectivity index (χ2v) is 12.2. The molecule has 0 radical (unpaired) electrons. The Morgan fingerprint density at radius 1 is 1.11 bits per heavy atom. The highest BCUT2D eigenvalue weighted by Crippen LogP contribution is 2.60. The second kappa shape index (κ2) is 10.8. The molecule has 3 atom stereocenters. The van der Waals surface area contributed by atoms with E-state index in [1.165, 1.54) is 12.1 Å². The molecule has 2 heterocycles. The number of halogens is 1. The Morgan fingerprint density at radius 3 is 2.51 bits per heavy atom. The minimum atomic E-state index is -3.35. The third kappa shape index (κ3) is 5.96. The minimum Gasteiger partial charge on any atom is -0.335 e. The number of hydrogen-bond acceptors (Lipinski definition) is 3. The van der Waals surface area contributed by atoms with Crippen molar-refractivity contribution >= 4 is 19.3 Å². The van der Waals surface area contributed by atoms with Crippen LogP contribution in [0, 0.1) is 5.82 Å². The largest absolute Gasteiger partial charge is 0.369 e. The number of carbonyl (C=O) groups excluding carboxylic acids is 1. The van der Waals surface area contributed by atoms with E-state index in [9.17, 15) is 13.8 Å². The van der Waals surface area contributed by atoms with Gasteiger partial charge >= 0.3 is 7.67 Å². The summed E-state index contributed by atoms with van der Waals surface area (Å²) in [6.45, 7) is 7.36. The third-order valence-electron chi connectivity index (χ3n) is 7.25. The highest BCUT2D eigenvalue weighted by molar-refractivity contribution is 7.58. The smallest absolute Gasteiger partial charge is 0.335 e. The summed E-state index contributed by atoms with van der Waals surface area (Å²) in [5.74, 6) is -0.110. The number of nitrogens with one attached hydrogen (secondary N) is 1. The van der Waals surface area contributed by atoms with Crippen LogP contribution >= 0.6 is 7.67 Å². The van der Waals surface area contributed by atoms with Gasteiger partial charge in [-0.15, -0.1) is 0 Å². The molecule has 0 aromatic heterocycles. The van der Waals surface area contributed by atoms with Crippen molar-refractivity contribution in [3.05, 3.63) is 66.0 Å². The maximum atomic E-state index is 14.0. The first-order valence-corrected chi connectivity index (χ1v) is 14.2. The number of rotatable bonds is 10. The van der Waals surface area contributed by atoms with E-state index in [0.29, 0.717) is 25.3 Å². The summed E-state index contributed by atoms with van der Waals surface area (Å²) in [5, 5.41) is 3.08. The fourth-order valence-electron chi connectivity index (χ4n) is 5.43. The van der Waals surface area contributed by atoms with Gasteiger partial charge in [-0.3, -0.25) is 4.79 Å². The van der Waals surface area contributed by atoms with Crippen molar-refractivity contribution in [1.29, 1.82) is 0 Å². The maximum absolute atomic E-state index is 14.0. The summed E-state index contributed by atoms with van der Waals surface area (Å²) >= 11 is 0. The summed E-state index contributed by atoms with van der Waals surface area (Å²) in [4.78, 5) is 14.6. The van der Waals surface area contributed by atoms with Crippen LogP contribution in [0.25, 0.3) is 0 Å². The lowest BCUT2D eigenvalue weighted by atomic mass is 9.93. The van der Waals surface area contributed by atoms with Crippen LogP contribution in [0.5, 0.6) is 0 Å². The number of anilines is 1. The SMILES string of the molecule is CCC1COP(=O)(Nc2ccc(F)cc2)N1C(C)(C)CCCC1CCC(=O)N1Cc1ccccc1. The molecule has 2 aromatic rings. The van der Waals surface area contributed by atoms with Crippen molar-refractivity contribution < 1.29 is 18.3 Å². The zero-order chi connectivity index (χ0) is 25.1. The molecule has 0 aliphatic carbocycles. The lowest BCUT2D eigenvalue weighted by molar-refractivity contribution is -0.129. The predicted molar refractivity (Wildman–Crippen MR) is 137 cm³/mol. The molecule has 0 spiro atoms. The number of carbonyl (C=O) groups is 1. The van der Waals surface area contributed by atoms with Crippen molar-refractivity contribution in [2.45, 2.75) is 83.5 Å². The van der Waals surface area contributed by atoms with Crippen LogP contribution in [0.15, 0.2) is 54.6 Å². The monoisotopic (exact) mass is 501 g/mol. The molecule has 2 fully saturated rings. The van der Waals surface area contributed by atoms with Gasteiger partial charge in [0.2, 0.25) is 5.91 Å². The molecule has 190 valence electrons. The molecule has 2 aliphatic rings. The second-order valence-electron chi connectivity index (χ2n) is 10.2. The summed E-state index contributed by atoms with van der Waals surface area (Å²) in [6, 6.07) is 16.3. The zero-order valence-corrected chi connectivity index (χ0v) is 21.8. The number of likely N-dealkylation sites (tertiary alicyclic amines) is 1. The van der Waals surface area contributed by atoms with Crippen LogP contribution in [0.4, 0.5) is 10.1 Å². The predicted octanol–water partition coefficient (Wildman–Crippen LogP) is 6.60. The van der Waals surface area contributed by atoms with E-state index in [1.54, 1.807) is 12.1 Å². The third-order valence-corrected chi connectivity index (χ3v) is 9.73. The van der Waals surface area contributed by atoms with Crippen molar-refractivity contribution in [3.8, 4) is 0 Å². The van der Waals surface area contributed by atoms with Gasteiger partial charge in [-0.25, -0.2) is 13.6 Å². The van der Waals surface area contributed by atoms with Crippen LogP contribution in [0.1, 0.15) is 64.9 Å². The molecular formula is C27H37FN3O3P. The Kier molecular flexibility index (Phi) is 7.99. The van der Waals surface area contributed by atoms with E-state index < -0.39 is 7.67 Å². The average molecular weight is 502 g/mol. The quantitative estimate of drug-likeness (QED) is 0.372. The molecule has 3 unspecified atom stereocenters. The average Bonchev–Trinajstić information content (AvgIpc) is 3.36. The Bertz CT molecular complexity index is 1050. The minimum absolute atomic E-state index is 0.0337. The highest BCUT2D eigenvalue weighted by Gasteiger charge is 2.50. The van der Waals surface area contributed by atoms with E-state index in [4.69, 9.17) is 4.52 Å². The first kappa shape index (κ1) is 25.9. The van der Waals surface area contributed by atoms with Crippen molar-refractivity contribution in [2.24, 2.45) is 0 Å². The van der Waals surface area contributed by atoms with Gasteiger partial charge in [-0.05, 0) is 75.8 Å². The first-order chi connectivity index (χ1) is 16.7. The fraction of sp³-hybridized carbons (Fsp3) is 0.519. The van der Waals surface area contributed by atoms with E-state index >= 15 is 0 Å². The van der Waals surface area contributed by atoms with Gasteiger partial charge in [-0.1, -0.05) is 37.3 Å². The molecule has 1 amide bonds. The molecule has 2 aromatic carbocycles. The van der Waals surface area contributed by atoms with Gasteiger partial charge in [0.25, 0.3) is 0 Å². The van der Waals surface area contributed by atoms with Gasteiger partial charge in [-0.2, -0.15) is 0 Å². The van der Waals surface area contributed by atoms with Gasteiger partial charge < -0.3 is 14.5 Å². The van der Waals surface area contributed by atoms with E-state index in [-0.39, 0.29) is 29.3 Å². The van der Waals surface area contributed by atoms with E-state index in [1.807, 2.05) is 27.8 Å². The molecule has 6 nitrogen and oxygen atoms in total. The number of amides is 1. The van der Waals surface area contributed by atoms with E-state index in [2.05, 4.69) is 38.0 Å². The molecule has 2 saturated heterocycles. The Balaban J connectivity index is 1.41. The molecule has 0 bridgehead atoms. The fourth-order valence-corrected chi connectivity index (χ4v) is 8.04. The van der Waals surface area contributed by atoms with Crippen LogP contribution in [0.3, 0.4) is 0 Å². The summed E-state index contributed by atoms with van der Waals surface area (Å²) < 4.78 is 35.2. The van der Waals surface area contributed by atoms with Crippen LogP contribution < -0.4 is 5.09 Å². The first-order valence-electron chi connectivity index (χ1n) is 12.6. The zero-order valence-electron chi connectivity index (χ0n) is 21.0. The van der Waals surface area contributed by atoms with Gasteiger partial charge in [0.05, 0.1) is 6.61 Å². The molecule has 35 heavy (non-hydrogen) atoms. The van der Waals surface area contributed by atoms with Crippen LogP contribution in [-0.2, 0) is 20.4 Å². The molecule has 1 N–H and O–H groups in total. The number of nitrogens with zero attached hydrogens (tertiary/aromatic N) is 2. The van der Waals surface area contributed by atoms with Crippen molar-refractivity contribution in [3.63, 3.8) is 0 Å². The Labute approximate surface area is 208 Å². The summed E-state index contributed by atoms with van der Waals surface area (Å²) in [5.41, 5.74) is 1.35. The van der Waals surface area contributed by atoms with Gasteiger partial charge in [0, 0.05) is 36.3 Å². The summed E-state index contributed by atoms with van der Waals surface area (Å²) in [7, 11) is -3.35. The molecule has 4 rings (SSSR count). The maximum Gasteiger partial charge on any atom is 0.369 e. The molecule has 0 saturated carbocycles. The summed E-state index contributed by atoms with van der Waals surface area (Å²) in [6.07, 6.45) is 4.98. The van der Waals surface area contributed by atoms with Gasteiger partial charge in [0.15, 0.2) is 0 Å². The lowest BCUT2D eigenvalue weighted by Crippen LogP contribution is -2.46. The molecule has 8 heteroatoms. The number of benzene rings is 2. The molecular weight excluding hydrogens is 464 g/mol. The van der Waals surface area contributed by atoms with Crippen molar-refractivity contribution in [1.82, 2.24) is 9.57 Å².